The normalized spacial score (nSPS) is 12.3. The van der Waals surface area contributed by atoms with Crippen molar-refractivity contribution in [3.63, 3.8) is 0 Å². The minimum atomic E-state index is -4.98. The van der Waals surface area contributed by atoms with Gasteiger partial charge in [-0.25, -0.2) is 0 Å². The van der Waals surface area contributed by atoms with Gasteiger partial charge in [0.2, 0.25) is 5.91 Å². The van der Waals surface area contributed by atoms with Crippen LogP contribution in [0.1, 0.15) is 11.1 Å². The topological polar surface area (TPSA) is 59.8 Å². The second-order valence-electron chi connectivity index (χ2n) is 4.86. The van der Waals surface area contributed by atoms with Crippen molar-refractivity contribution in [3.8, 4) is 0 Å². The van der Waals surface area contributed by atoms with Gasteiger partial charge in [-0.05, 0) is 18.2 Å². The lowest BCUT2D eigenvalue weighted by atomic mass is 10.1. The quantitative estimate of drug-likeness (QED) is 0.647. The van der Waals surface area contributed by atoms with Crippen molar-refractivity contribution in [2.24, 2.45) is 7.05 Å². The number of anilines is 1. The summed E-state index contributed by atoms with van der Waals surface area (Å²) in [4.78, 5) is 11.8. The molecule has 0 unspecified atom stereocenters. The van der Waals surface area contributed by atoms with Crippen molar-refractivity contribution in [1.82, 2.24) is 14.8 Å². The monoisotopic (exact) mass is 384 g/mol. The van der Waals surface area contributed by atoms with Crippen LogP contribution in [-0.4, -0.2) is 26.4 Å². The molecule has 1 aromatic carbocycles. The fourth-order valence-corrected chi connectivity index (χ4v) is 2.45. The molecular formula is C13H10F6N4OS. The maximum absolute atomic E-state index is 12.7. The van der Waals surface area contributed by atoms with E-state index in [9.17, 15) is 31.1 Å². The Morgan fingerprint density at radius 1 is 1.12 bits per heavy atom. The molecule has 136 valence electrons. The molecule has 1 aromatic heterocycles. The average molecular weight is 384 g/mol. The molecule has 0 radical (unpaired) electrons. The molecule has 0 bridgehead atoms. The van der Waals surface area contributed by atoms with Crippen molar-refractivity contribution in [1.29, 1.82) is 0 Å². The molecule has 0 aliphatic carbocycles. The molecule has 0 aliphatic rings. The van der Waals surface area contributed by atoms with Crippen molar-refractivity contribution in [2.75, 3.05) is 11.1 Å². The van der Waals surface area contributed by atoms with E-state index in [0.717, 1.165) is 11.8 Å². The summed E-state index contributed by atoms with van der Waals surface area (Å²) in [7, 11) is 1.61. The lowest BCUT2D eigenvalue weighted by Crippen LogP contribution is -2.17. The van der Waals surface area contributed by atoms with Crippen LogP contribution in [0.25, 0.3) is 0 Å². The first-order valence-electron chi connectivity index (χ1n) is 6.53. The van der Waals surface area contributed by atoms with Gasteiger partial charge in [0.15, 0.2) is 5.16 Å². The lowest BCUT2D eigenvalue weighted by Gasteiger charge is -2.14. The highest BCUT2D eigenvalue weighted by Crippen LogP contribution is 2.37. The number of nitrogens with one attached hydrogen (secondary N) is 1. The molecule has 0 aliphatic heterocycles. The maximum Gasteiger partial charge on any atom is 0.416 e. The number of nitrogens with zero attached hydrogens (tertiary/aromatic N) is 3. The summed E-state index contributed by atoms with van der Waals surface area (Å²) in [5.41, 5.74) is -3.59. The van der Waals surface area contributed by atoms with Crippen molar-refractivity contribution in [2.45, 2.75) is 17.5 Å². The summed E-state index contributed by atoms with van der Waals surface area (Å²) in [5, 5.41) is 9.66. The van der Waals surface area contributed by atoms with Crippen LogP contribution >= 0.6 is 11.8 Å². The Balaban J connectivity index is 2.17. The van der Waals surface area contributed by atoms with Gasteiger partial charge in [-0.2, -0.15) is 26.3 Å². The third kappa shape index (κ3) is 5.11. The molecule has 5 nitrogen and oxygen atoms in total. The zero-order chi connectivity index (χ0) is 18.8. The number of alkyl halides is 6. The van der Waals surface area contributed by atoms with Crippen LogP contribution in [-0.2, 0) is 24.2 Å². The molecule has 0 spiro atoms. The van der Waals surface area contributed by atoms with E-state index in [1.807, 2.05) is 5.32 Å². The van der Waals surface area contributed by atoms with Gasteiger partial charge in [-0.1, -0.05) is 11.8 Å². The Bertz CT molecular complexity index is 738. The molecule has 0 fully saturated rings. The highest BCUT2D eigenvalue weighted by molar-refractivity contribution is 7.99. The van der Waals surface area contributed by atoms with E-state index in [4.69, 9.17) is 0 Å². The molecule has 12 heteroatoms. The van der Waals surface area contributed by atoms with Gasteiger partial charge >= 0.3 is 12.4 Å². The van der Waals surface area contributed by atoms with Crippen LogP contribution in [0.3, 0.4) is 0 Å². The van der Waals surface area contributed by atoms with Crippen LogP contribution in [0.15, 0.2) is 29.7 Å². The summed E-state index contributed by atoms with van der Waals surface area (Å²) in [6.45, 7) is 0. The predicted octanol–water partition coefficient (Wildman–Crippen LogP) is 3.58. The first kappa shape index (κ1) is 19.1. The summed E-state index contributed by atoms with van der Waals surface area (Å²) < 4.78 is 78.0. The highest BCUT2D eigenvalue weighted by atomic mass is 32.2. The second kappa shape index (κ2) is 6.94. The predicted molar refractivity (Wildman–Crippen MR) is 76.8 cm³/mol. The number of aromatic nitrogens is 3. The number of halogens is 6. The van der Waals surface area contributed by atoms with Gasteiger partial charge in [0.05, 0.1) is 16.9 Å². The van der Waals surface area contributed by atoms with E-state index in [1.165, 1.54) is 10.9 Å². The van der Waals surface area contributed by atoms with Gasteiger partial charge < -0.3 is 9.88 Å². The van der Waals surface area contributed by atoms with E-state index < -0.39 is 35.1 Å². The molecule has 1 N–H and O–H groups in total. The van der Waals surface area contributed by atoms with Crippen LogP contribution in [0.4, 0.5) is 32.0 Å². The van der Waals surface area contributed by atoms with E-state index >= 15 is 0 Å². The number of hydrogen-bond acceptors (Lipinski definition) is 4. The van der Waals surface area contributed by atoms with Crippen molar-refractivity contribution < 1.29 is 31.1 Å². The lowest BCUT2D eigenvalue weighted by molar-refractivity contribution is -0.143. The summed E-state index contributed by atoms with van der Waals surface area (Å²) in [6, 6.07) is 0.879. The Morgan fingerprint density at radius 2 is 1.68 bits per heavy atom. The smallest absolute Gasteiger partial charge is 0.325 e. The van der Waals surface area contributed by atoms with E-state index in [0.29, 0.717) is 17.3 Å². The van der Waals surface area contributed by atoms with Gasteiger partial charge in [-0.3, -0.25) is 4.79 Å². The third-order valence-corrected chi connectivity index (χ3v) is 3.91. The molecule has 25 heavy (non-hydrogen) atoms. The number of benzene rings is 1. The molecule has 2 rings (SSSR count). The number of rotatable bonds is 4. The minimum absolute atomic E-state index is 0.00996. The Hall–Kier alpha value is -2.24. The number of aryl methyl sites for hydroxylation is 1. The minimum Gasteiger partial charge on any atom is -0.325 e. The molecule has 2 aromatic rings. The SMILES string of the molecule is Cn1cnnc1SCC(=O)Nc1cc(C(F)(F)F)cc(C(F)(F)F)c1. The van der Waals surface area contributed by atoms with E-state index in [-0.39, 0.29) is 11.8 Å². The molecule has 0 saturated heterocycles. The summed E-state index contributed by atoms with van der Waals surface area (Å²) >= 11 is 0.933. The zero-order valence-corrected chi connectivity index (χ0v) is 13.3. The Kier molecular flexibility index (Phi) is 5.30. The highest BCUT2D eigenvalue weighted by Gasteiger charge is 2.37. The van der Waals surface area contributed by atoms with E-state index in [1.54, 1.807) is 7.05 Å². The molecule has 1 amide bonds. The van der Waals surface area contributed by atoms with Crippen molar-refractivity contribution >= 4 is 23.4 Å². The molecular weight excluding hydrogens is 374 g/mol. The van der Waals surface area contributed by atoms with Crippen molar-refractivity contribution in [3.05, 3.63) is 35.7 Å². The standard InChI is InChI=1S/C13H10F6N4OS/c1-23-6-20-22-11(23)25-5-10(24)21-9-3-7(12(14,15)16)2-8(4-9)13(17,18)19/h2-4,6H,5H2,1H3,(H,21,24). The number of hydrogen-bond donors (Lipinski definition) is 1. The van der Waals surface area contributed by atoms with E-state index in [2.05, 4.69) is 10.2 Å². The summed E-state index contributed by atoms with van der Waals surface area (Å²) in [5.74, 6) is -1.04. The zero-order valence-electron chi connectivity index (χ0n) is 12.4. The Labute approximate surface area is 141 Å². The van der Waals surface area contributed by atoms with Crippen LogP contribution in [0.5, 0.6) is 0 Å². The fourth-order valence-electron chi connectivity index (χ4n) is 1.76. The fraction of sp³-hybridized carbons (Fsp3) is 0.308. The van der Waals surface area contributed by atoms with Gasteiger partial charge in [0.25, 0.3) is 0 Å². The molecule has 0 atom stereocenters. The van der Waals surface area contributed by atoms with Crippen LogP contribution in [0.2, 0.25) is 0 Å². The Morgan fingerprint density at radius 3 is 2.12 bits per heavy atom. The van der Waals surface area contributed by atoms with Gasteiger partial charge in [-0.15, -0.1) is 10.2 Å². The number of amides is 1. The number of carbonyl (C=O) groups is 1. The average Bonchev–Trinajstić information content (AvgIpc) is 2.88. The number of thioether (sulfide) groups is 1. The first-order valence-corrected chi connectivity index (χ1v) is 7.51. The van der Waals surface area contributed by atoms with Crippen LogP contribution in [0, 0.1) is 0 Å². The first-order chi connectivity index (χ1) is 11.5. The molecule has 1 heterocycles. The van der Waals surface area contributed by atoms with Crippen LogP contribution < -0.4 is 5.32 Å². The maximum atomic E-state index is 12.7. The summed E-state index contributed by atoms with van der Waals surface area (Å²) in [6.07, 6.45) is -8.58. The van der Waals surface area contributed by atoms with Gasteiger partial charge in [0, 0.05) is 12.7 Å². The second-order valence-corrected chi connectivity index (χ2v) is 5.80. The third-order valence-electron chi connectivity index (χ3n) is 2.87. The largest absolute Gasteiger partial charge is 0.416 e. The number of carbonyl (C=O) groups excluding carboxylic acids is 1. The molecule has 0 saturated carbocycles. The van der Waals surface area contributed by atoms with Gasteiger partial charge in [0.1, 0.15) is 6.33 Å².